The second-order valence-corrected chi connectivity index (χ2v) is 8.90. The number of aryl methyl sites for hydroxylation is 1. The van der Waals surface area contributed by atoms with Crippen LogP contribution in [0.2, 0.25) is 0 Å². The summed E-state index contributed by atoms with van der Waals surface area (Å²) in [7, 11) is 0. The fraction of sp³-hybridized carbons (Fsp3) is 0.346. The van der Waals surface area contributed by atoms with Crippen LogP contribution in [-0.2, 0) is 19.4 Å². The molecular formula is C26H33N3O2S. The number of hydrogen-bond donors (Lipinski definition) is 4. The molecule has 6 heteroatoms. The Morgan fingerprint density at radius 2 is 1.72 bits per heavy atom. The molecule has 32 heavy (non-hydrogen) atoms. The van der Waals surface area contributed by atoms with Crippen LogP contribution in [0, 0.1) is 0 Å². The van der Waals surface area contributed by atoms with Crippen LogP contribution in [0.4, 0.5) is 0 Å². The van der Waals surface area contributed by atoms with Gasteiger partial charge in [-0.2, -0.15) is 0 Å². The first kappa shape index (κ1) is 24.1. The molecule has 5 nitrogen and oxygen atoms in total. The maximum atomic E-state index is 13.1. The van der Waals surface area contributed by atoms with E-state index in [-0.39, 0.29) is 5.91 Å². The van der Waals surface area contributed by atoms with Gasteiger partial charge in [-0.1, -0.05) is 62.4 Å². The van der Waals surface area contributed by atoms with Crippen molar-refractivity contribution in [2.45, 2.75) is 45.0 Å². The van der Waals surface area contributed by atoms with Crippen molar-refractivity contribution >= 4 is 17.2 Å². The van der Waals surface area contributed by atoms with Crippen molar-refractivity contribution in [3.63, 3.8) is 0 Å². The van der Waals surface area contributed by atoms with Gasteiger partial charge in [0.2, 0.25) is 0 Å². The highest BCUT2D eigenvalue weighted by molar-refractivity contribution is 7.10. The summed E-state index contributed by atoms with van der Waals surface area (Å²) in [6, 6.07) is 21.2. The van der Waals surface area contributed by atoms with Gasteiger partial charge in [-0.15, -0.1) is 11.3 Å². The summed E-state index contributed by atoms with van der Waals surface area (Å²) in [4.78, 5) is 14.4. The van der Waals surface area contributed by atoms with E-state index in [0.29, 0.717) is 31.6 Å². The van der Waals surface area contributed by atoms with Gasteiger partial charge in [0.25, 0.3) is 5.91 Å². The fourth-order valence-electron chi connectivity index (χ4n) is 3.80. The molecule has 0 bridgehead atoms. The molecule has 0 spiro atoms. The molecule has 3 aromatic rings. The van der Waals surface area contributed by atoms with Gasteiger partial charge >= 0.3 is 0 Å². The number of nitrogens with one attached hydrogen (secondary N) is 3. The molecule has 0 aliphatic heterocycles. The van der Waals surface area contributed by atoms with Crippen molar-refractivity contribution in [1.82, 2.24) is 16.0 Å². The SMILES string of the molecule is CCN[C@@](Cc1ccccc1)(NC(=O)c1ccccc1)[C@H](O)CNCc1csc(CC)c1. The number of carbonyl (C=O) groups is 1. The molecular weight excluding hydrogens is 418 g/mol. The minimum absolute atomic E-state index is 0.216. The zero-order valence-electron chi connectivity index (χ0n) is 18.8. The van der Waals surface area contributed by atoms with Crippen LogP contribution in [0.1, 0.15) is 40.2 Å². The summed E-state index contributed by atoms with van der Waals surface area (Å²) in [6.45, 7) is 5.74. The van der Waals surface area contributed by atoms with Gasteiger partial charge in [-0.3, -0.25) is 10.1 Å². The monoisotopic (exact) mass is 451 g/mol. The third kappa shape index (κ3) is 6.50. The quantitative estimate of drug-likeness (QED) is 0.317. The molecule has 0 radical (unpaired) electrons. The lowest BCUT2D eigenvalue weighted by Gasteiger charge is -2.40. The van der Waals surface area contributed by atoms with Crippen molar-refractivity contribution in [3.8, 4) is 0 Å². The van der Waals surface area contributed by atoms with E-state index in [9.17, 15) is 9.90 Å². The lowest BCUT2D eigenvalue weighted by molar-refractivity contribution is 0.0326. The van der Waals surface area contributed by atoms with E-state index in [1.807, 2.05) is 55.5 Å². The topological polar surface area (TPSA) is 73.4 Å². The Morgan fingerprint density at radius 1 is 1.03 bits per heavy atom. The van der Waals surface area contributed by atoms with Crippen molar-refractivity contribution in [3.05, 3.63) is 93.7 Å². The van der Waals surface area contributed by atoms with Gasteiger partial charge in [0.05, 0.1) is 0 Å². The lowest BCUT2D eigenvalue weighted by atomic mass is 9.92. The Hall–Kier alpha value is -2.51. The minimum atomic E-state index is -1.01. The fourth-order valence-corrected chi connectivity index (χ4v) is 4.64. The predicted octanol–water partition coefficient (Wildman–Crippen LogP) is 3.74. The molecule has 4 N–H and O–H groups in total. The van der Waals surface area contributed by atoms with Crippen LogP contribution >= 0.6 is 11.3 Å². The Kier molecular flexibility index (Phi) is 9.00. The van der Waals surface area contributed by atoms with E-state index in [0.717, 1.165) is 12.0 Å². The smallest absolute Gasteiger partial charge is 0.252 e. The van der Waals surface area contributed by atoms with Crippen LogP contribution < -0.4 is 16.0 Å². The Morgan fingerprint density at radius 3 is 2.34 bits per heavy atom. The number of aliphatic hydroxyl groups is 1. The van der Waals surface area contributed by atoms with E-state index < -0.39 is 11.8 Å². The van der Waals surface area contributed by atoms with Crippen LogP contribution in [0.25, 0.3) is 0 Å². The van der Waals surface area contributed by atoms with Gasteiger partial charge in [-0.25, -0.2) is 0 Å². The second-order valence-electron chi connectivity index (χ2n) is 7.91. The van der Waals surface area contributed by atoms with E-state index in [1.54, 1.807) is 23.5 Å². The van der Waals surface area contributed by atoms with E-state index in [1.165, 1.54) is 10.4 Å². The molecule has 1 heterocycles. The van der Waals surface area contributed by atoms with Gasteiger partial charge in [0, 0.05) is 30.0 Å². The molecule has 0 aliphatic rings. The number of thiophene rings is 1. The maximum absolute atomic E-state index is 13.1. The number of aliphatic hydroxyl groups excluding tert-OH is 1. The normalized spacial score (nSPS) is 14.0. The molecule has 0 unspecified atom stereocenters. The molecule has 0 aliphatic carbocycles. The first-order chi connectivity index (χ1) is 15.6. The van der Waals surface area contributed by atoms with E-state index in [4.69, 9.17) is 0 Å². The molecule has 1 amide bonds. The highest BCUT2D eigenvalue weighted by atomic mass is 32.1. The molecule has 170 valence electrons. The molecule has 2 aromatic carbocycles. The van der Waals surface area contributed by atoms with Crippen LogP contribution in [0.3, 0.4) is 0 Å². The molecule has 0 saturated heterocycles. The lowest BCUT2D eigenvalue weighted by Crippen LogP contribution is -2.69. The summed E-state index contributed by atoms with van der Waals surface area (Å²) in [5.41, 5.74) is 1.79. The van der Waals surface area contributed by atoms with Gasteiger partial charge in [-0.05, 0) is 47.7 Å². The number of hydrogen-bond acceptors (Lipinski definition) is 5. The first-order valence-electron chi connectivity index (χ1n) is 11.2. The largest absolute Gasteiger partial charge is 0.388 e. The van der Waals surface area contributed by atoms with Crippen LogP contribution in [0.5, 0.6) is 0 Å². The third-order valence-corrected chi connectivity index (χ3v) is 6.61. The summed E-state index contributed by atoms with van der Waals surface area (Å²) in [6.07, 6.45) is 0.639. The summed E-state index contributed by atoms with van der Waals surface area (Å²) < 4.78 is 0. The molecule has 3 rings (SSSR count). The Bertz CT molecular complexity index is 961. The van der Waals surface area contributed by atoms with Crippen molar-refractivity contribution in [2.75, 3.05) is 13.1 Å². The summed E-state index contributed by atoms with van der Waals surface area (Å²) >= 11 is 1.76. The van der Waals surface area contributed by atoms with Crippen molar-refractivity contribution < 1.29 is 9.90 Å². The number of likely N-dealkylation sites (N-methyl/N-ethyl adjacent to an activating group) is 1. The van der Waals surface area contributed by atoms with Crippen LogP contribution in [0.15, 0.2) is 72.1 Å². The molecule has 0 saturated carbocycles. The van der Waals surface area contributed by atoms with E-state index >= 15 is 0 Å². The highest BCUT2D eigenvalue weighted by Gasteiger charge is 2.39. The third-order valence-electron chi connectivity index (χ3n) is 5.48. The number of benzene rings is 2. The summed E-state index contributed by atoms with van der Waals surface area (Å²) in [5.74, 6) is -0.216. The number of amides is 1. The van der Waals surface area contributed by atoms with Crippen molar-refractivity contribution in [2.24, 2.45) is 0 Å². The zero-order valence-corrected chi connectivity index (χ0v) is 19.6. The van der Waals surface area contributed by atoms with Crippen LogP contribution in [-0.4, -0.2) is 35.9 Å². The first-order valence-corrected chi connectivity index (χ1v) is 12.1. The Balaban J connectivity index is 1.78. The molecule has 0 fully saturated rings. The average Bonchev–Trinajstić information content (AvgIpc) is 3.28. The summed E-state index contributed by atoms with van der Waals surface area (Å²) in [5, 5.41) is 23.4. The van der Waals surface area contributed by atoms with E-state index in [2.05, 4.69) is 34.3 Å². The molecule has 2 atom stereocenters. The Labute approximate surface area is 194 Å². The molecule has 1 aromatic heterocycles. The average molecular weight is 452 g/mol. The number of carbonyl (C=O) groups excluding carboxylic acids is 1. The van der Waals surface area contributed by atoms with Gasteiger partial charge < -0.3 is 15.7 Å². The maximum Gasteiger partial charge on any atom is 0.252 e. The predicted molar refractivity (Wildman–Crippen MR) is 132 cm³/mol. The van der Waals surface area contributed by atoms with Gasteiger partial charge in [0.1, 0.15) is 11.8 Å². The van der Waals surface area contributed by atoms with Crippen molar-refractivity contribution in [1.29, 1.82) is 0 Å². The minimum Gasteiger partial charge on any atom is -0.388 e. The van der Waals surface area contributed by atoms with Gasteiger partial charge in [0.15, 0.2) is 0 Å². The highest BCUT2D eigenvalue weighted by Crippen LogP contribution is 2.18. The standard InChI is InChI=1S/C26H33N3O2S/c1-3-23-15-21(19-32-23)17-27-18-24(30)26(28-4-2,16-20-11-7-5-8-12-20)29-25(31)22-13-9-6-10-14-22/h5-15,19,24,27-28,30H,3-4,16-18H2,1-2H3,(H,29,31)/t24-,26+/m1/s1. The number of rotatable bonds is 12. The zero-order chi connectivity index (χ0) is 22.8. The second kappa shape index (κ2) is 11.9.